The van der Waals surface area contributed by atoms with Crippen LogP contribution < -0.4 is 0 Å². The van der Waals surface area contributed by atoms with Gasteiger partial charge in [0.15, 0.2) is 0 Å². The first-order valence-electron chi connectivity index (χ1n) is 8.95. The van der Waals surface area contributed by atoms with Gasteiger partial charge in [0.05, 0.1) is 0 Å². The minimum absolute atomic E-state index is 0.113. The molecule has 0 radical (unpaired) electrons. The van der Waals surface area contributed by atoms with Gasteiger partial charge in [-0.2, -0.15) is 0 Å². The Kier molecular flexibility index (Phi) is 3.44. The summed E-state index contributed by atoms with van der Waals surface area (Å²) in [6.45, 7) is 3.93. The molecule has 124 valence electrons. The molecule has 0 amide bonds. The number of phenolic OH excluding ortho intramolecular Hbond substituents is 1. The van der Waals surface area contributed by atoms with Crippen LogP contribution in [0.15, 0.2) is 18.2 Å². The summed E-state index contributed by atoms with van der Waals surface area (Å²) in [6, 6.07) is 5.93. The molecule has 23 heavy (non-hydrogen) atoms. The van der Waals surface area contributed by atoms with Crippen molar-refractivity contribution in [2.45, 2.75) is 64.4 Å². The Hall–Kier alpha value is -1.51. The fraction of sp³-hybridized carbons (Fsp3) is 0.650. The molecule has 1 aromatic carbocycles. The van der Waals surface area contributed by atoms with Gasteiger partial charge in [0.25, 0.3) is 0 Å². The predicted molar refractivity (Wildman–Crippen MR) is 88.3 cm³/mol. The molecule has 0 bridgehead atoms. The molecule has 1 aromatic rings. The lowest BCUT2D eigenvalue weighted by molar-refractivity contribution is -0.146. The molecular formula is C20H26O3. The van der Waals surface area contributed by atoms with Crippen LogP contribution >= 0.6 is 0 Å². The number of aryl methyl sites for hydroxylation is 1. The van der Waals surface area contributed by atoms with E-state index in [1.165, 1.54) is 37.3 Å². The van der Waals surface area contributed by atoms with Crippen LogP contribution in [-0.4, -0.2) is 17.2 Å². The second kappa shape index (κ2) is 5.25. The van der Waals surface area contributed by atoms with Crippen molar-refractivity contribution in [3.63, 3.8) is 0 Å². The summed E-state index contributed by atoms with van der Waals surface area (Å²) in [6.07, 6.45) is 6.89. The second-order valence-electron chi connectivity index (χ2n) is 8.16. The zero-order valence-corrected chi connectivity index (χ0v) is 14.0. The van der Waals surface area contributed by atoms with E-state index in [2.05, 4.69) is 13.0 Å². The van der Waals surface area contributed by atoms with E-state index in [1.807, 2.05) is 12.1 Å². The first kappa shape index (κ1) is 15.0. The van der Waals surface area contributed by atoms with Crippen molar-refractivity contribution < 1.29 is 14.6 Å². The molecule has 2 saturated carbocycles. The molecule has 3 nitrogen and oxygen atoms in total. The first-order valence-corrected chi connectivity index (χ1v) is 8.95. The predicted octanol–water partition coefficient (Wildman–Crippen LogP) is 4.18. The Morgan fingerprint density at radius 3 is 2.96 bits per heavy atom. The van der Waals surface area contributed by atoms with Crippen LogP contribution in [0.2, 0.25) is 0 Å². The normalized spacial score (nSPS) is 38.3. The van der Waals surface area contributed by atoms with Crippen molar-refractivity contribution >= 4 is 5.97 Å². The maximum absolute atomic E-state index is 11.3. The van der Waals surface area contributed by atoms with Gasteiger partial charge in [-0.05, 0) is 85.0 Å². The van der Waals surface area contributed by atoms with Crippen LogP contribution in [0, 0.1) is 17.3 Å². The summed E-state index contributed by atoms with van der Waals surface area (Å²) < 4.78 is 5.56. The number of hydrogen-bond donors (Lipinski definition) is 1. The van der Waals surface area contributed by atoms with Gasteiger partial charge in [-0.1, -0.05) is 13.0 Å². The summed E-state index contributed by atoms with van der Waals surface area (Å²) in [4.78, 5) is 11.3. The number of fused-ring (bicyclic) bond motifs is 5. The Morgan fingerprint density at radius 1 is 1.35 bits per heavy atom. The van der Waals surface area contributed by atoms with E-state index in [-0.39, 0.29) is 12.1 Å². The molecule has 0 aromatic heterocycles. The van der Waals surface area contributed by atoms with E-state index in [1.54, 1.807) is 0 Å². The third-order valence-electron chi connectivity index (χ3n) is 6.77. The number of esters is 1. The molecule has 0 saturated heterocycles. The molecule has 4 rings (SSSR count). The monoisotopic (exact) mass is 314 g/mol. The molecule has 3 aliphatic carbocycles. The molecule has 1 N–H and O–H groups in total. The number of rotatable bonds is 1. The molecular weight excluding hydrogens is 288 g/mol. The van der Waals surface area contributed by atoms with E-state index in [4.69, 9.17) is 4.74 Å². The smallest absolute Gasteiger partial charge is 0.302 e. The lowest BCUT2D eigenvalue weighted by Crippen LogP contribution is -2.39. The number of carbonyl (C=O) groups excluding carboxylic acids is 1. The number of benzene rings is 1. The van der Waals surface area contributed by atoms with Crippen LogP contribution in [0.3, 0.4) is 0 Å². The van der Waals surface area contributed by atoms with Crippen LogP contribution in [0.4, 0.5) is 0 Å². The highest BCUT2D eigenvalue weighted by atomic mass is 16.5. The number of phenols is 1. The SMILES string of the molecule is CC(=O)O[C@@H]1C[C@@H]2[C@@H]3CCc4cc(O)ccc4[C@@H]3CC[C@]2(C)C1. The number of ether oxygens (including phenoxy) is 1. The quantitative estimate of drug-likeness (QED) is 0.791. The second-order valence-corrected chi connectivity index (χ2v) is 8.16. The Morgan fingerprint density at radius 2 is 2.17 bits per heavy atom. The number of aromatic hydroxyl groups is 1. The van der Waals surface area contributed by atoms with Gasteiger partial charge in [0, 0.05) is 6.92 Å². The molecule has 0 aliphatic heterocycles. The van der Waals surface area contributed by atoms with Gasteiger partial charge in [-0.15, -0.1) is 0 Å². The third kappa shape index (κ3) is 2.45. The van der Waals surface area contributed by atoms with Crippen molar-refractivity contribution in [3.05, 3.63) is 29.3 Å². The zero-order chi connectivity index (χ0) is 16.2. The van der Waals surface area contributed by atoms with Crippen molar-refractivity contribution in [3.8, 4) is 5.75 Å². The molecule has 0 heterocycles. The van der Waals surface area contributed by atoms with Gasteiger partial charge in [-0.25, -0.2) is 0 Å². The summed E-state index contributed by atoms with van der Waals surface area (Å²) in [5.74, 6) is 2.23. The molecule has 3 heteroatoms. The highest BCUT2D eigenvalue weighted by Gasteiger charge is 2.53. The van der Waals surface area contributed by atoms with Crippen LogP contribution in [0.25, 0.3) is 0 Å². The lowest BCUT2D eigenvalue weighted by Gasteiger charge is -2.49. The number of hydrogen-bond acceptors (Lipinski definition) is 3. The number of carbonyl (C=O) groups is 1. The fourth-order valence-corrected chi connectivity index (χ4v) is 5.89. The average molecular weight is 314 g/mol. The molecule has 3 aliphatic rings. The first-order chi connectivity index (χ1) is 11.0. The zero-order valence-electron chi connectivity index (χ0n) is 14.0. The summed E-state index contributed by atoms with van der Waals surface area (Å²) in [7, 11) is 0. The maximum atomic E-state index is 11.3. The third-order valence-corrected chi connectivity index (χ3v) is 6.77. The van der Waals surface area contributed by atoms with Gasteiger partial charge >= 0.3 is 5.97 Å². The van der Waals surface area contributed by atoms with E-state index < -0.39 is 0 Å². The Bertz CT molecular complexity index is 638. The van der Waals surface area contributed by atoms with Gasteiger partial charge < -0.3 is 9.84 Å². The Labute approximate surface area is 138 Å². The van der Waals surface area contributed by atoms with E-state index in [0.717, 1.165) is 19.3 Å². The highest BCUT2D eigenvalue weighted by Crippen LogP contribution is 2.61. The van der Waals surface area contributed by atoms with Gasteiger partial charge in [0.1, 0.15) is 11.9 Å². The molecule has 0 unspecified atom stereocenters. The van der Waals surface area contributed by atoms with Crippen molar-refractivity contribution in [2.75, 3.05) is 0 Å². The summed E-state index contributed by atoms with van der Waals surface area (Å²) >= 11 is 0. The van der Waals surface area contributed by atoms with E-state index in [9.17, 15) is 9.90 Å². The molecule has 5 atom stereocenters. The van der Waals surface area contributed by atoms with Crippen molar-refractivity contribution in [1.82, 2.24) is 0 Å². The molecule has 0 spiro atoms. The fourth-order valence-electron chi connectivity index (χ4n) is 5.89. The van der Waals surface area contributed by atoms with Crippen molar-refractivity contribution in [1.29, 1.82) is 0 Å². The maximum Gasteiger partial charge on any atom is 0.302 e. The van der Waals surface area contributed by atoms with E-state index in [0.29, 0.717) is 28.9 Å². The van der Waals surface area contributed by atoms with Crippen LogP contribution in [0.5, 0.6) is 5.75 Å². The Balaban J connectivity index is 1.61. The average Bonchev–Trinajstić information content (AvgIpc) is 2.81. The van der Waals surface area contributed by atoms with E-state index >= 15 is 0 Å². The standard InChI is InChI=1S/C20H26O3/c1-12(21)23-15-10-19-18-5-3-13-9-14(22)4-6-16(13)17(18)7-8-20(19,2)11-15/h4,6,9,15,17-19,22H,3,5,7-8,10-11H2,1-2H3/t15-,17+,18-,19-,20-/m1/s1. The van der Waals surface area contributed by atoms with Crippen LogP contribution in [0.1, 0.15) is 63.0 Å². The van der Waals surface area contributed by atoms with Gasteiger partial charge in [0.2, 0.25) is 0 Å². The molecule has 2 fully saturated rings. The summed E-state index contributed by atoms with van der Waals surface area (Å²) in [5.41, 5.74) is 3.12. The highest BCUT2D eigenvalue weighted by molar-refractivity contribution is 5.66. The van der Waals surface area contributed by atoms with Gasteiger partial charge in [-0.3, -0.25) is 4.79 Å². The topological polar surface area (TPSA) is 46.5 Å². The van der Waals surface area contributed by atoms with Crippen LogP contribution in [-0.2, 0) is 16.0 Å². The minimum Gasteiger partial charge on any atom is -0.508 e. The lowest BCUT2D eigenvalue weighted by atomic mass is 9.56. The largest absolute Gasteiger partial charge is 0.508 e. The summed E-state index contributed by atoms with van der Waals surface area (Å²) in [5, 5.41) is 9.75. The van der Waals surface area contributed by atoms with Crippen molar-refractivity contribution in [2.24, 2.45) is 17.3 Å². The minimum atomic E-state index is -0.140.